The van der Waals surface area contributed by atoms with Gasteiger partial charge < -0.3 is 15.2 Å². The first kappa shape index (κ1) is 12.9. The molecule has 3 rings (SSSR count). The lowest BCUT2D eigenvalue weighted by atomic mass is 9.74. The Morgan fingerprint density at radius 1 is 1.32 bits per heavy atom. The Bertz CT molecular complexity index is 423. The lowest BCUT2D eigenvalue weighted by Gasteiger charge is -2.46. The highest BCUT2D eigenvalue weighted by Gasteiger charge is 2.43. The van der Waals surface area contributed by atoms with Crippen LogP contribution in [0.25, 0.3) is 0 Å². The molecule has 2 fully saturated rings. The van der Waals surface area contributed by atoms with Crippen LogP contribution in [0.15, 0.2) is 24.3 Å². The highest BCUT2D eigenvalue weighted by atomic mass is 16.5. The minimum Gasteiger partial charge on any atom is -0.490 e. The summed E-state index contributed by atoms with van der Waals surface area (Å²) in [6.07, 6.45) is 6.05. The topological polar surface area (TPSA) is 44.5 Å². The van der Waals surface area contributed by atoms with Crippen molar-refractivity contribution < 1.29 is 9.47 Å². The van der Waals surface area contributed by atoms with E-state index in [9.17, 15) is 0 Å². The number of rotatable bonds is 3. The molecule has 1 aliphatic heterocycles. The van der Waals surface area contributed by atoms with Crippen LogP contribution in [-0.2, 0) is 4.74 Å². The summed E-state index contributed by atoms with van der Waals surface area (Å²) in [5, 5.41) is 0. The van der Waals surface area contributed by atoms with Gasteiger partial charge in [0.25, 0.3) is 0 Å². The van der Waals surface area contributed by atoms with Crippen LogP contribution in [0.5, 0.6) is 5.75 Å². The Balaban J connectivity index is 1.61. The Morgan fingerprint density at radius 2 is 2.05 bits per heavy atom. The SMILES string of the molecule is C[C@@H](N)c1ccc(OC2CCOC3(CCC3)C2)cc1. The lowest BCUT2D eigenvalue weighted by Crippen LogP contribution is -2.48. The van der Waals surface area contributed by atoms with E-state index in [1.807, 2.05) is 19.1 Å². The smallest absolute Gasteiger partial charge is 0.119 e. The van der Waals surface area contributed by atoms with Gasteiger partial charge in [0.15, 0.2) is 0 Å². The van der Waals surface area contributed by atoms with Gasteiger partial charge in [0, 0.05) is 18.9 Å². The Kier molecular flexibility index (Phi) is 3.50. The zero-order valence-electron chi connectivity index (χ0n) is 11.6. The molecular formula is C16H23NO2. The van der Waals surface area contributed by atoms with Crippen LogP contribution in [0, 0.1) is 0 Å². The van der Waals surface area contributed by atoms with Gasteiger partial charge in [-0.1, -0.05) is 12.1 Å². The molecule has 0 radical (unpaired) electrons. The van der Waals surface area contributed by atoms with Gasteiger partial charge in [0.2, 0.25) is 0 Å². The fraction of sp³-hybridized carbons (Fsp3) is 0.625. The summed E-state index contributed by atoms with van der Waals surface area (Å²) in [5.74, 6) is 0.950. The predicted octanol–water partition coefficient (Wildman–Crippen LogP) is 3.19. The maximum atomic E-state index is 6.10. The van der Waals surface area contributed by atoms with E-state index < -0.39 is 0 Å². The predicted molar refractivity (Wildman–Crippen MR) is 75.2 cm³/mol. The Morgan fingerprint density at radius 3 is 2.63 bits per heavy atom. The fourth-order valence-corrected chi connectivity index (χ4v) is 3.05. The molecule has 2 aliphatic rings. The van der Waals surface area contributed by atoms with Gasteiger partial charge in [-0.2, -0.15) is 0 Å². The molecule has 2 atom stereocenters. The summed E-state index contributed by atoms with van der Waals surface area (Å²) in [7, 11) is 0. The van der Waals surface area contributed by atoms with Crippen LogP contribution in [0.3, 0.4) is 0 Å². The summed E-state index contributed by atoms with van der Waals surface area (Å²) < 4.78 is 12.0. The molecule has 1 unspecified atom stereocenters. The van der Waals surface area contributed by atoms with Gasteiger partial charge in [-0.05, 0) is 43.9 Å². The molecule has 1 aliphatic carbocycles. The monoisotopic (exact) mass is 261 g/mol. The van der Waals surface area contributed by atoms with Crippen molar-refractivity contribution in [1.29, 1.82) is 0 Å². The molecule has 19 heavy (non-hydrogen) atoms. The van der Waals surface area contributed by atoms with E-state index in [-0.39, 0.29) is 11.6 Å². The van der Waals surface area contributed by atoms with Crippen LogP contribution in [0.4, 0.5) is 0 Å². The third kappa shape index (κ3) is 2.77. The molecule has 1 aromatic rings. The summed E-state index contributed by atoms with van der Waals surface area (Å²) in [4.78, 5) is 0. The average Bonchev–Trinajstić information content (AvgIpc) is 2.38. The van der Waals surface area contributed by atoms with E-state index in [0.717, 1.165) is 30.8 Å². The van der Waals surface area contributed by atoms with E-state index >= 15 is 0 Å². The molecule has 3 nitrogen and oxygen atoms in total. The van der Waals surface area contributed by atoms with Gasteiger partial charge in [0.1, 0.15) is 11.9 Å². The summed E-state index contributed by atoms with van der Waals surface area (Å²) in [6.45, 7) is 2.83. The first-order valence-corrected chi connectivity index (χ1v) is 7.33. The molecular weight excluding hydrogens is 238 g/mol. The van der Waals surface area contributed by atoms with Crippen LogP contribution in [0.1, 0.15) is 50.6 Å². The minimum absolute atomic E-state index is 0.0791. The van der Waals surface area contributed by atoms with E-state index in [1.54, 1.807) is 0 Å². The van der Waals surface area contributed by atoms with Crippen molar-refractivity contribution in [1.82, 2.24) is 0 Å². The standard InChI is InChI=1S/C16H23NO2/c1-12(17)13-3-5-14(6-4-13)19-15-7-10-18-16(11-15)8-2-9-16/h3-6,12,15H,2,7-11,17H2,1H3/t12-,15?/m1/s1. The van der Waals surface area contributed by atoms with Crippen molar-refractivity contribution in [2.45, 2.75) is 56.8 Å². The molecule has 1 aromatic carbocycles. The quantitative estimate of drug-likeness (QED) is 0.908. The maximum Gasteiger partial charge on any atom is 0.119 e. The second-order valence-electron chi connectivity index (χ2n) is 5.98. The van der Waals surface area contributed by atoms with Crippen molar-refractivity contribution in [3.05, 3.63) is 29.8 Å². The number of benzene rings is 1. The number of ether oxygens (including phenoxy) is 2. The van der Waals surface area contributed by atoms with Crippen molar-refractivity contribution in [3.63, 3.8) is 0 Å². The maximum absolute atomic E-state index is 6.10. The molecule has 1 saturated carbocycles. The highest BCUT2D eigenvalue weighted by molar-refractivity contribution is 5.29. The van der Waals surface area contributed by atoms with E-state index in [1.165, 1.54) is 19.3 Å². The van der Waals surface area contributed by atoms with Gasteiger partial charge in [-0.15, -0.1) is 0 Å². The summed E-state index contributed by atoms with van der Waals surface area (Å²) >= 11 is 0. The average molecular weight is 261 g/mol. The highest BCUT2D eigenvalue weighted by Crippen LogP contribution is 2.43. The molecule has 2 N–H and O–H groups in total. The fourth-order valence-electron chi connectivity index (χ4n) is 3.05. The molecule has 1 spiro atoms. The number of hydrogen-bond acceptors (Lipinski definition) is 3. The van der Waals surface area contributed by atoms with Gasteiger partial charge in [0.05, 0.1) is 12.2 Å². The Labute approximate surface area is 115 Å². The van der Waals surface area contributed by atoms with Crippen molar-refractivity contribution in [2.75, 3.05) is 6.61 Å². The molecule has 0 aromatic heterocycles. The minimum atomic E-state index is 0.0791. The molecule has 1 heterocycles. The van der Waals surface area contributed by atoms with Gasteiger partial charge >= 0.3 is 0 Å². The van der Waals surface area contributed by atoms with Gasteiger partial charge in [-0.3, -0.25) is 0 Å². The second kappa shape index (κ2) is 5.14. The lowest BCUT2D eigenvalue weighted by molar-refractivity contribution is -0.153. The van der Waals surface area contributed by atoms with E-state index in [0.29, 0.717) is 6.10 Å². The van der Waals surface area contributed by atoms with Crippen LogP contribution >= 0.6 is 0 Å². The van der Waals surface area contributed by atoms with Crippen molar-refractivity contribution in [3.8, 4) is 5.75 Å². The van der Waals surface area contributed by atoms with E-state index in [4.69, 9.17) is 15.2 Å². The van der Waals surface area contributed by atoms with Crippen LogP contribution in [0.2, 0.25) is 0 Å². The summed E-state index contributed by atoms with van der Waals surface area (Å²) in [6, 6.07) is 8.25. The van der Waals surface area contributed by atoms with Crippen molar-refractivity contribution in [2.24, 2.45) is 5.73 Å². The molecule has 104 valence electrons. The molecule has 1 saturated heterocycles. The van der Waals surface area contributed by atoms with Crippen LogP contribution < -0.4 is 10.5 Å². The Hall–Kier alpha value is -1.06. The zero-order chi connectivity index (χ0) is 13.3. The summed E-state index contributed by atoms with van der Waals surface area (Å²) in [5.41, 5.74) is 7.15. The molecule has 0 amide bonds. The van der Waals surface area contributed by atoms with Crippen LogP contribution in [-0.4, -0.2) is 18.3 Å². The van der Waals surface area contributed by atoms with Gasteiger partial charge in [-0.25, -0.2) is 0 Å². The first-order chi connectivity index (χ1) is 9.17. The first-order valence-electron chi connectivity index (χ1n) is 7.33. The number of nitrogens with two attached hydrogens (primary N) is 1. The number of hydrogen-bond donors (Lipinski definition) is 1. The third-order valence-corrected chi connectivity index (χ3v) is 4.42. The largest absolute Gasteiger partial charge is 0.490 e. The zero-order valence-corrected chi connectivity index (χ0v) is 11.6. The second-order valence-corrected chi connectivity index (χ2v) is 5.98. The molecule has 0 bridgehead atoms. The molecule has 3 heteroatoms. The van der Waals surface area contributed by atoms with Crippen molar-refractivity contribution >= 4 is 0 Å². The third-order valence-electron chi connectivity index (χ3n) is 4.42. The normalized spacial score (nSPS) is 26.7. The van der Waals surface area contributed by atoms with E-state index in [2.05, 4.69) is 12.1 Å².